The van der Waals surface area contributed by atoms with Gasteiger partial charge in [-0.25, -0.2) is 9.97 Å². The first kappa shape index (κ1) is 15.3. The summed E-state index contributed by atoms with van der Waals surface area (Å²) in [7, 11) is 1.70. The Kier molecular flexibility index (Phi) is 4.78. The fourth-order valence-corrected chi connectivity index (χ4v) is 2.46. The highest BCUT2D eigenvalue weighted by Crippen LogP contribution is 2.34. The molecular formula is C17H23N3O. The van der Waals surface area contributed by atoms with Gasteiger partial charge in [-0.2, -0.15) is 0 Å². The summed E-state index contributed by atoms with van der Waals surface area (Å²) in [5.41, 5.74) is 4.28. The highest BCUT2D eigenvalue weighted by molar-refractivity contribution is 5.73. The zero-order valence-corrected chi connectivity index (χ0v) is 13.4. The second-order valence-corrected chi connectivity index (χ2v) is 5.27. The Balaban J connectivity index is 2.53. The van der Waals surface area contributed by atoms with Crippen LogP contribution in [0.5, 0.6) is 5.75 Å². The maximum absolute atomic E-state index is 5.54. The molecule has 2 rings (SSSR count). The van der Waals surface area contributed by atoms with Crippen LogP contribution in [0.3, 0.4) is 0 Å². The number of aromatic nitrogens is 2. The quantitative estimate of drug-likeness (QED) is 0.905. The third-order valence-corrected chi connectivity index (χ3v) is 3.31. The molecule has 0 aliphatic carbocycles. The van der Waals surface area contributed by atoms with E-state index in [1.807, 2.05) is 19.1 Å². The van der Waals surface area contributed by atoms with Gasteiger partial charge in [-0.3, -0.25) is 0 Å². The molecular weight excluding hydrogens is 262 g/mol. The molecule has 4 nitrogen and oxygen atoms in total. The van der Waals surface area contributed by atoms with Crippen molar-refractivity contribution in [1.29, 1.82) is 0 Å². The topological polar surface area (TPSA) is 47.0 Å². The summed E-state index contributed by atoms with van der Waals surface area (Å²) in [5, 5.41) is 3.32. The van der Waals surface area contributed by atoms with Gasteiger partial charge in [-0.1, -0.05) is 13.0 Å². The number of hydrogen-bond donors (Lipinski definition) is 1. The number of benzene rings is 1. The van der Waals surface area contributed by atoms with E-state index in [-0.39, 0.29) is 0 Å². The molecule has 0 aliphatic heterocycles. The molecule has 0 aliphatic rings. The standard InChI is InChI=1S/C17H23N3O/c1-6-7-18-16-10-14(19-13(4)20-16)17-12(3)8-11(2)9-15(17)21-5/h8-10H,6-7H2,1-5H3,(H,18,19,20). The second kappa shape index (κ2) is 6.57. The molecule has 1 heterocycles. The van der Waals surface area contributed by atoms with Crippen molar-refractivity contribution in [3.05, 3.63) is 35.2 Å². The lowest BCUT2D eigenvalue weighted by Gasteiger charge is -2.14. The molecule has 0 unspecified atom stereocenters. The first-order valence-corrected chi connectivity index (χ1v) is 7.30. The van der Waals surface area contributed by atoms with Gasteiger partial charge in [-0.15, -0.1) is 0 Å². The molecule has 112 valence electrons. The van der Waals surface area contributed by atoms with Crippen LogP contribution in [0.2, 0.25) is 0 Å². The summed E-state index contributed by atoms with van der Waals surface area (Å²) in [4.78, 5) is 9.02. The van der Waals surface area contributed by atoms with Crippen molar-refractivity contribution in [1.82, 2.24) is 9.97 Å². The van der Waals surface area contributed by atoms with Crippen LogP contribution in [0.15, 0.2) is 18.2 Å². The maximum atomic E-state index is 5.54. The molecule has 0 saturated carbocycles. The minimum absolute atomic E-state index is 0.758. The van der Waals surface area contributed by atoms with E-state index in [4.69, 9.17) is 4.74 Å². The van der Waals surface area contributed by atoms with E-state index >= 15 is 0 Å². The Morgan fingerprint density at radius 1 is 1.10 bits per heavy atom. The van der Waals surface area contributed by atoms with Crippen LogP contribution < -0.4 is 10.1 Å². The van der Waals surface area contributed by atoms with E-state index in [0.717, 1.165) is 47.2 Å². The van der Waals surface area contributed by atoms with Crippen LogP contribution in [0, 0.1) is 20.8 Å². The summed E-state index contributed by atoms with van der Waals surface area (Å²) < 4.78 is 5.54. The number of rotatable bonds is 5. The highest BCUT2D eigenvalue weighted by atomic mass is 16.5. The van der Waals surface area contributed by atoms with Crippen LogP contribution in [0.25, 0.3) is 11.3 Å². The predicted molar refractivity (Wildman–Crippen MR) is 87.0 cm³/mol. The largest absolute Gasteiger partial charge is 0.496 e. The Labute approximate surface area is 126 Å². The second-order valence-electron chi connectivity index (χ2n) is 5.27. The van der Waals surface area contributed by atoms with Gasteiger partial charge in [0.1, 0.15) is 17.4 Å². The Morgan fingerprint density at radius 3 is 2.52 bits per heavy atom. The van der Waals surface area contributed by atoms with E-state index in [1.165, 1.54) is 5.56 Å². The summed E-state index contributed by atoms with van der Waals surface area (Å²) in [6, 6.07) is 6.18. The molecule has 0 radical (unpaired) electrons. The molecule has 0 amide bonds. The lowest BCUT2D eigenvalue weighted by molar-refractivity contribution is 0.415. The van der Waals surface area contributed by atoms with Crippen LogP contribution in [0.1, 0.15) is 30.3 Å². The zero-order chi connectivity index (χ0) is 15.4. The Morgan fingerprint density at radius 2 is 1.86 bits per heavy atom. The van der Waals surface area contributed by atoms with E-state index in [0.29, 0.717) is 0 Å². The van der Waals surface area contributed by atoms with Crippen molar-refractivity contribution in [2.75, 3.05) is 19.0 Å². The number of nitrogens with one attached hydrogen (secondary N) is 1. The average Bonchev–Trinajstić information content (AvgIpc) is 2.43. The van der Waals surface area contributed by atoms with Crippen LogP contribution in [-0.4, -0.2) is 23.6 Å². The first-order chi connectivity index (χ1) is 10.0. The van der Waals surface area contributed by atoms with Crippen LogP contribution in [-0.2, 0) is 0 Å². The van der Waals surface area contributed by atoms with Crippen molar-refractivity contribution in [2.45, 2.75) is 34.1 Å². The Hall–Kier alpha value is -2.10. The van der Waals surface area contributed by atoms with Crippen molar-refractivity contribution < 1.29 is 4.74 Å². The Bertz CT molecular complexity index is 638. The number of nitrogens with zero attached hydrogens (tertiary/aromatic N) is 2. The lowest BCUT2D eigenvalue weighted by Crippen LogP contribution is -2.05. The van der Waals surface area contributed by atoms with E-state index in [9.17, 15) is 0 Å². The number of aryl methyl sites for hydroxylation is 3. The maximum Gasteiger partial charge on any atom is 0.130 e. The zero-order valence-electron chi connectivity index (χ0n) is 13.4. The van der Waals surface area contributed by atoms with Crippen molar-refractivity contribution in [3.8, 4) is 17.0 Å². The van der Waals surface area contributed by atoms with Crippen molar-refractivity contribution in [2.24, 2.45) is 0 Å². The number of methoxy groups -OCH3 is 1. The molecule has 2 aromatic rings. The fourth-order valence-electron chi connectivity index (χ4n) is 2.46. The van der Waals surface area contributed by atoms with Gasteiger partial charge in [0.25, 0.3) is 0 Å². The van der Waals surface area contributed by atoms with Crippen LogP contribution in [0.4, 0.5) is 5.82 Å². The van der Waals surface area contributed by atoms with Gasteiger partial charge in [-0.05, 0) is 44.4 Å². The normalized spacial score (nSPS) is 10.5. The van der Waals surface area contributed by atoms with Crippen molar-refractivity contribution in [3.63, 3.8) is 0 Å². The third kappa shape index (κ3) is 3.51. The molecule has 1 aromatic heterocycles. The van der Waals surface area contributed by atoms with Crippen molar-refractivity contribution >= 4 is 5.82 Å². The third-order valence-electron chi connectivity index (χ3n) is 3.31. The minimum atomic E-state index is 0.758. The molecule has 0 atom stereocenters. The molecule has 21 heavy (non-hydrogen) atoms. The molecule has 0 fully saturated rings. The fraction of sp³-hybridized carbons (Fsp3) is 0.412. The monoisotopic (exact) mass is 285 g/mol. The molecule has 1 aromatic carbocycles. The minimum Gasteiger partial charge on any atom is -0.496 e. The number of anilines is 1. The lowest BCUT2D eigenvalue weighted by atomic mass is 10.0. The predicted octanol–water partition coefficient (Wildman–Crippen LogP) is 3.90. The summed E-state index contributed by atoms with van der Waals surface area (Å²) in [6.07, 6.45) is 1.06. The van der Waals surface area contributed by atoms with E-state index in [2.05, 4.69) is 42.1 Å². The smallest absolute Gasteiger partial charge is 0.130 e. The van der Waals surface area contributed by atoms with Gasteiger partial charge < -0.3 is 10.1 Å². The van der Waals surface area contributed by atoms with Crippen LogP contribution >= 0.6 is 0 Å². The van der Waals surface area contributed by atoms with Gasteiger partial charge in [0, 0.05) is 18.2 Å². The SMILES string of the molecule is CCCNc1cc(-c2c(C)cc(C)cc2OC)nc(C)n1. The molecule has 1 N–H and O–H groups in total. The average molecular weight is 285 g/mol. The summed E-state index contributed by atoms with van der Waals surface area (Å²) >= 11 is 0. The van der Waals surface area contributed by atoms with Gasteiger partial charge >= 0.3 is 0 Å². The first-order valence-electron chi connectivity index (χ1n) is 7.30. The molecule has 4 heteroatoms. The van der Waals surface area contributed by atoms with E-state index < -0.39 is 0 Å². The number of ether oxygens (including phenoxy) is 1. The van der Waals surface area contributed by atoms with E-state index in [1.54, 1.807) is 7.11 Å². The summed E-state index contributed by atoms with van der Waals surface area (Å²) in [5.74, 6) is 2.47. The molecule has 0 saturated heterocycles. The molecule has 0 spiro atoms. The summed E-state index contributed by atoms with van der Waals surface area (Å²) in [6.45, 7) is 9.10. The van der Waals surface area contributed by atoms with Gasteiger partial charge in [0.2, 0.25) is 0 Å². The molecule has 0 bridgehead atoms. The van der Waals surface area contributed by atoms with Gasteiger partial charge in [0.15, 0.2) is 0 Å². The van der Waals surface area contributed by atoms with Gasteiger partial charge in [0.05, 0.1) is 12.8 Å². The highest BCUT2D eigenvalue weighted by Gasteiger charge is 2.13. The number of hydrogen-bond acceptors (Lipinski definition) is 4.